The lowest BCUT2D eigenvalue weighted by Gasteiger charge is -2.11. The molecule has 3 aromatic rings. The number of guanidine groups is 1. The van der Waals surface area contributed by atoms with Crippen LogP contribution < -0.4 is 16.0 Å². The molecule has 0 aliphatic rings. The second kappa shape index (κ2) is 13.4. The van der Waals surface area contributed by atoms with E-state index in [9.17, 15) is 4.79 Å². The monoisotopic (exact) mass is 533 g/mol. The van der Waals surface area contributed by atoms with E-state index in [0.29, 0.717) is 37.9 Å². The largest absolute Gasteiger partial charge is 0.444 e. The standard InChI is InChI=1S/C23H27N5O2.HI/c1-2-24-23(25-14-13-21(29)26-15-18-9-5-3-6-10-18)27-16-20-17-30-22(28-20)19-11-7-4-8-12-19;/h3-12,17H,2,13-16H2,1H3,(H,26,29)(H2,24,25,27);1H. The van der Waals surface area contributed by atoms with E-state index in [2.05, 4.69) is 25.9 Å². The summed E-state index contributed by atoms with van der Waals surface area (Å²) in [7, 11) is 0. The minimum absolute atomic E-state index is 0. The van der Waals surface area contributed by atoms with Crippen LogP contribution in [0.5, 0.6) is 0 Å². The predicted octanol–water partition coefficient (Wildman–Crippen LogP) is 3.72. The zero-order valence-corrected chi connectivity index (χ0v) is 19.8. The van der Waals surface area contributed by atoms with E-state index in [1.807, 2.05) is 67.6 Å². The number of oxazole rings is 1. The van der Waals surface area contributed by atoms with E-state index in [-0.39, 0.29) is 29.9 Å². The first-order valence-electron chi connectivity index (χ1n) is 10.1. The fourth-order valence-electron chi connectivity index (χ4n) is 2.77. The topological polar surface area (TPSA) is 91.6 Å². The highest BCUT2D eigenvalue weighted by Crippen LogP contribution is 2.18. The van der Waals surface area contributed by atoms with Gasteiger partial charge in [-0.1, -0.05) is 48.5 Å². The van der Waals surface area contributed by atoms with Gasteiger partial charge in [-0.25, -0.2) is 9.98 Å². The van der Waals surface area contributed by atoms with Crippen molar-refractivity contribution in [2.24, 2.45) is 4.99 Å². The molecular weight excluding hydrogens is 505 g/mol. The van der Waals surface area contributed by atoms with E-state index in [0.717, 1.165) is 23.4 Å². The molecule has 0 aliphatic heterocycles. The molecule has 0 radical (unpaired) electrons. The van der Waals surface area contributed by atoms with Gasteiger partial charge in [0.05, 0.1) is 6.54 Å². The minimum atomic E-state index is -0.00814. The summed E-state index contributed by atoms with van der Waals surface area (Å²) in [6.45, 7) is 4.11. The molecule has 2 aromatic carbocycles. The van der Waals surface area contributed by atoms with E-state index >= 15 is 0 Å². The zero-order chi connectivity index (χ0) is 21.0. The van der Waals surface area contributed by atoms with Gasteiger partial charge in [-0.05, 0) is 24.6 Å². The molecule has 3 N–H and O–H groups in total. The van der Waals surface area contributed by atoms with Gasteiger partial charge < -0.3 is 20.4 Å². The molecule has 0 saturated heterocycles. The van der Waals surface area contributed by atoms with Crippen LogP contribution >= 0.6 is 24.0 Å². The first kappa shape index (κ1) is 24.4. The van der Waals surface area contributed by atoms with E-state index in [1.165, 1.54) is 0 Å². The third-order valence-electron chi connectivity index (χ3n) is 4.29. The van der Waals surface area contributed by atoms with Crippen LogP contribution in [0.4, 0.5) is 0 Å². The number of aliphatic imine (C=N–C) groups is 1. The maximum Gasteiger partial charge on any atom is 0.226 e. The second-order valence-corrected chi connectivity index (χ2v) is 6.64. The fraction of sp³-hybridized carbons (Fsp3) is 0.261. The van der Waals surface area contributed by atoms with Gasteiger partial charge in [-0.2, -0.15) is 0 Å². The van der Waals surface area contributed by atoms with Crippen molar-refractivity contribution in [2.75, 3.05) is 13.1 Å². The van der Waals surface area contributed by atoms with Crippen LogP contribution in [0, 0.1) is 0 Å². The number of hydrogen-bond donors (Lipinski definition) is 3. The lowest BCUT2D eigenvalue weighted by atomic mass is 10.2. The van der Waals surface area contributed by atoms with Crippen LogP contribution in [0.25, 0.3) is 11.5 Å². The average Bonchev–Trinajstić information content (AvgIpc) is 3.26. The van der Waals surface area contributed by atoms with Crippen LogP contribution in [0.2, 0.25) is 0 Å². The van der Waals surface area contributed by atoms with Crippen molar-refractivity contribution in [1.29, 1.82) is 0 Å². The van der Waals surface area contributed by atoms with Crippen molar-refractivity contribution in [3.8, 4) is 11.5 Å². The molecule has 3 rings (SSSR count). The third-order valence-corrected chi connectivity index (χ3v) is 4.29. The number of amides is 1. The Morgan fingerprint density at radius 1 is 1.00 bits per heavy atom. The van der Waals surface area contributed by atoms with E-state index < -0.39 is 0 Å². The summed E-state index contributed by atoms with van der Waals surface area (Å²) >= 11 is 0. The summed E-state index contributed by atoms with van der Waals surface area (Å²) in [5.41, 5.74) is 2.75. The van der Waals surface area contributed by atoms with E-state index in [4.69, 9.17) is 4.42 Å². The Hall–Kier alpha value is -2.88. The average molecular weight is 533 g/mol. The minimum Gasteiger partial charge on any atom is -0.444 e. The van der Waals surface area contributed by atoms with Gasteiger partial charge in [0.25, 0.3) is 0 Å². The molecule has 1 aromatic heterocycles. The van der Waals surface area contributed by atoms with Crippen molar-refractivity contribution >= 4 is 35.8 Å². The molecule has 1 heterocycles. The molecule has 0 spiro atoms. The second-order valence-electron chi connectivity index (χ2n) is 6.64. The van der Waals surface area contributed by atoms with Gasteiger partial charge in [-0.3, -0.25) is 4.79 Å². The van der Waals surface area contributed by atoms with Gasteiger partial charge in [0, 0.05) is 31.6 Å². The number of hydrogen-bond acceptors (Lipinski definition) is 4. The maximum absolute atomic E-state index is 12.0. The Morgan fingerprint density at radius 2 is 1.71 bits per heavy atom. The molecule has 0 bridgehead atoms. The van der Waals surface area contributed by atoms with Gasteiger partial charge in [0.15, 0.2) is 5.96 Å². The summed E-state index contributed by atoms with van der Waals surface area (Å²) in [5, 5.41) is 9.27. The molecule has 31 heavy (non-hydrogen) atoms. The number of nitrogens with one attached hydrogen (secondary N) is 3. The van der Waals surface area contributed by atoms with Crippen molar-refractivity contribution < 1.29 is 9.21 Å². The van der Waals surface area contributed by atoms with Crippen LogP contribution in [0.1, 0.15) is 24.6 Å². The third kappa shape index (κ3) is 8.41. The lowest BCUT2D eigenvalue weighted by Crippen LogP contribution is -2.39. The normalized spacial score (nSPS) is 10.8. The molecule has 0 fully saturated rings. The molecule has 0 unspecified atom stereocenters. The molecule has 0 aliphatic carbocycles. The number of halogens is 1. The molecule has 1 amide bonds. The van der Waals surface area contributed by atoms with Crippen molar-refractivity contribution in [3.05, 3.63) is 78.2 Å². The van der Waals surface area contributed by atoms with Gasteiger partial charge >= 0.3 is 0 Å². The highest BCUT2D eigenvalue weighted by molar-refractivity contribution is 14.0. The number of carbonyl (C=O) groups excluding carboxylic acids is 1. The van der Waals surface area contributed by atoms with Gasteiger partial charge in [-0.15, -0.1) is 24.0 Å². The van der Waals surface area contributed by atoms with Crippen LogP contribution in [0.15, 0.2) is 76.3 Å². The number of nitrogens with zero attached hydrogens (tertiary/aromatic N) is 2. The molecule has 8 heteroatoms. The van der Waals surface area contributed by atoms with Gasteiger partial charge in [0.1, 0.15) is 12.0 Å². The van der Waals surface area contributed by atoms with Crippen LogP contribution in [0.3, 0.4) is 0 Å². The van der Waals surface area contributed by atoms with Crippen LogP contribution in [-0.4, -0.2) is 29.9 Å². The number of rotatable bonds is 9. The molecule has 0 saturated carbocycles. The van der Waals surface area contributed by atoms with Crippen molar-refractivity contribution in [3.63, 3.8) is 0 Å². The van der Waals surface area contributed by atoms with Crippen LogP contribution in [-0.2, 0) is 17.9 Å². The first-order chi connectivity index (χ1) is 14.7. The summed E-state index contributed by atoms with van der Waals surface area (Å²) < 4.78 is 5.54. The Morgan fingerprint density at radius 3 is 2.42 bits per heavy atom. The Kier molecular flexibility index (Phi) is 10.6. The molecular formula is C23H28IN5O2. The highest BCUT2D eigenvalue weighted by atomic mass is 127. The zero-order valence-electron chi connectivity index (χ0n) is 17.5. The Balaban J connectivity index is 0.00000341. The Bertz CT molecular complexity index is 945. The van der Waals surface area contributed by atoms with Gasteiger partial charge in [0.2, 0.25) is 11.8 Å². The van der Waals surface area contributed by atoms with E-state index in [1.54, 1.807) is 6.26 Å². The number of carbonyl (C=O) groups is 1. The lowest BCUT2D eigenvalue weighted by molar-refractivity contribution is -0.121. The molecule has 7 nitrogen and oxygen atoms in total. The fourth-order valence-corrected chi connectivity index (χ4v) is 2.77. The summed E-state index contributed by atoms with van der Waals surface area (Å²) in [6, 6.07) is 19.6. The number of benzene rings is 2. The molecule has 164 valence electrons. The number of aromatic nitrogens is 1. The molecule has 0 atom stereocenters. The van der Waals surface area contributed by atoms with Crippen molar-refractivity contribution in [1.82, 2.24) is 20.9 Å². The maximum atomic E-state index is 12.0. The summed E-state index contributed by atoms with van der Waals surface area (Å²) in [6.07, 6.45) is 1.98. The van der Waals surface area contributed by atoms with Crippen molar-refractivity contribution in [2.45, 2.75) is 26.4 Å². The highest BCUT2D eigenvalue weighted by Gasteiger charge is 2.07. The Labute approximate surface area is 199 Å². The summed E-state index contributed by atoms with van der Waals surface area (Å²) in [5.74, 6) is 1.21. The smallest absolute Gasteiger partial charge is 0.226 e. The summed E-state index contributed by atoms with van der Waals surface area (Å²) in [4.78, 5) is 21.0. The quantitative estimate of drug-likeness (QED) is 0.222. The SMILES string of the molecule is CCNC(=NCc1coc(-c2ccccc2)n1)NCCC(=O)NCc1ccccc1.I. The predicted molar refractivity (Wildman–Crippen MR) is 133 cm³/mol. The first-order valence-corrected chi connectivity index (χ1v) is 10.1.